The van der Waals surface area contributed by atoms with Crippen molar-refractivity contribution in [3.8, 4) is 0 Å². The second-order valence-corrected chi connectivity index (χ2v) is 5.02. The summed E-state index contributed by atoms with van der Waals surface area (Å²) in [5, 5.41) is 9.63. The number of nitrogens with zero attached hydrogens (tertiary/aromatic N) is 1. The molecule has 0 bridgehead atoms. The largest absolute Gasteiger partial charge is 0.370 e. The van der Waals surface area contributed by atoms with Crippen LogP contribution in [0.5, 0.6) is 0 Å². The predicted octanol–water partition coefficient (Wildman–Crippen LogP) is 3.66. The number of carbonyl (C=O) groups is 1. The van der Waals surface area contributed by atoms with Crippen LogP contribution in [0.15, 0.2) is 36.5 Å². The Labute approximate surface area is 135 Å². The van der Waals surface area contributed by atoms with E-state index in [1.54, 1.807) is 12.3 Å². The molecule has 1 heterocycles. The summed E-state index contributed by atoms with van der Waals surface area (Å²) in [6.07, 6.45) is 1.58. The van der Waals surface area contributed by atoms with Gasteiger partial charge in [0.05, 0.1) is 28.2 Å². The number of nitrogens with one attached hydrogen (secondary N) is 3. The van der Waals surface area contributed by atoms with Crippen molar-refractivity contribution in [1.29, 1.82) is 0 Å². The number of hydrogen-bond acceptors (Lipinski definition) is 4. The van der Waals surface area contributed by atoms with Crippen LogP contribution in [-0.2, 0) is 0 Å². The molecule has 1 aromatic carbocycles. The molecule has 2 rings (SSSR count). The smallest absolute Gasteiger partial charge is 0.253 e. The van der Waals surface area contributed by atoms with Crippen molar-refractivity contribution >= 4 is 34.7 Å². The SMILES string of the molecule is CCNC(=O)c1ccccc1Nc1cc(NCC)ncc1Cl. The van der Waals surface area contributed by atoms with Gasteiger partial charge in [-0.25, -0.2) is 4.98 Å². The second kappa shape index (κ2) is 7.66. The minimum atomic E-state index is -0.123. The summed E-state index contributed by atoms with van der Waals surface area (Å²) in [4.78, 5) is 16.3. The highest BCUT2D eigenvalue weighted by Crippen LogP contribution is 2.28. The Morgan fingerprint density at radius 3 is 2.68 bits per heavy atom. The van der Waals surface area contributed by atoms with Gasteiger partial charge in [-0.2, -0.15) is 0 Å². The maximum Gasteiger partial charge on any atom is 0.253 e. The fourth-order valence-electron chi connectivity index (χ4n) is 2.00. The third-order valence-corrected chi connectivity index (χ3v) is 3.29. The van der Waals surface area contributed by atoms with Crippen LogP contribution in [0, 0.1) is 0 Å². The van der Waals surface area contributed by atoms with E-state index in [0.717, 1.165) is 12.4 Å². The van der Waals surface area contributed by atoms with E-state index in [-0.39, 0.29) is 5.91 Å². The molecule has 3 N–H and O–H groups in total. The van der Waals surface area contributed by atoms with E-state index >= 15 is 0 Å². The van der Waals surface area contributed by atoms with Crippen LogP contribution < -0.4 is 16.0 Å². The summed E-state index contributed by atoms with van der Waals surface area (Å²) < 4.78 is 0. The van der Waals surface area contributed by atoms with Crippen molar-refractivity contribution in [3.63, 3.8) is 0 Å². The van der Waals surface area contributed by atoms with Gasteiger partial charge in [0, 0.05) is 19.2 Å². The number of amides is 1. The topological polar surface area (TPSA) is 66.1 Å². The molecule has 0 aliphatic heterocycles. The van der Waals surface area contributed by atoms with Gasteiger partial charge in [0.25, 0.3) is 5.91 Å². The van der Waals surface area contributed by atoms with E-state index < -0.39 is 0 Å². The number of benzene rings is 1. The van der Waals surface area contributed by atoms with Crippen molar-refractivity contribution in [2.75, 3.05) is 23.7 Å². The Kier molecular flexibility index (Phi) is 5.61. The molecule has 0 atom stereocenters. The van der Waals surface area contributed by atoms with Crippen LogP contribution in [-0.4, -0.2) is 24.0 Å². The normalized spacial score (nSPS) is 10.1. The third kappa shape index (κ3) is 3.89. The van der Waals surface area contributed by atoms with Crippen molar-refractivity contribution < 1.29 is 4.79 Å². The molecular weight excluding hydrogens is 300 g/mol. The van der Waals surface area contributed by atoms with Gasteiger partial charge < -0.3 is 16.0 Å². The molecule has 5 nitrogen and oxygen atoms in total. The highest BCUT2D eigenvalue weighted by Gasteiger charge is 2.11. The summed E-state index contributed by atoms with van der Waals surface area (Å²) in [5.74, 6) is 0.604. The lowest BCUT2D eigenvalue weighted by Gasteiger charge is -2.14. The first-order valence-electron chi connectivity index (χ1n) is 7.19. The number of anilines is 3. The summed E-state index contributed by atoms with van der Waals surface area (Å²) >= 11 is 6.19. The Morgan fingerprint density at radius 1 is 1.18 bits per heavy atom. The number of halogens is 1. The first-order chi connectivity index (χ1) is 10.7. The molecule has 0 aliphatic rings. The van der Waals surface area contributed by atoms with Gasteiger partial charge in [-0.15, -0.1) is 0 Å². The number of pyridine rings is 1. The number of hydrogen-bond donors (Lipinski definition) is 3. The van der Waals surface area contributed by atoms with Gasteiger partial charge in [-0.3, -0.25) is 4.79 Å². The molecule has 1 aromatic heterocycles. The zero-order valence-corrected chi connectivity index (χ0v) is 13.4. The van der Waals surface area contributed by atoms with E-state index in [0.29, 0.717) is 28.5 Å². The van der Waals surface area contributed by atoms with Crippen LogP contribution in [0.25, 0.3) is 0 Å². The predicted molar refractivity (Wildman–Crippen MR) is 91.1 cm³/mol. The highest BCUT2D eigenvalue weighted by molar-refractivity contribution is 6.33. The molecule has 1 amide bonds. The number of carbonyl (C=O) groups excluding carboxylic acids is 1. The number of rotatable bonds is 6. The molecule has 0 unspecified atom stereocenters. The summed E-state index contributed by atoms with van der Waals surface area (Å²) in [6.45, 7) is 5.22. The zero-order chi connectivity index (χ0) is 15.9. The zero-order valence-electron chi connectivity index (χ0n) is 12.6. The van der Waals surface area contributed by atoms with Crippen LogP contribution in [0.4, 0.5) is 17.2 Å². The van der Waals surface area contributed by atoms with Gasteiger partial charge >= 0.3 is 0 Å². The van der Waals surface area contributed by atoms with Gasteiger partial charge in [-0.1, -0.05) is 23.7 Å². The fraction of sp³-hybridized carbons (Fsp3) is 0.250. The van der Waals surface area contributed by atoms with Crippen molar-refractivity contribution in [2.24, 2.45) is 0 Å². The Hall–Kier alpha value is -2.27. The lowest BCUT2D eigenvalue weighted by molar-refractivity contribution is 0.0956. The maximum atomic E-state index is 12.1. The van der Waals surface area contributed by atoms with Crippen LogP contribution >= 0.6 is 11.6 Å². The summed E-state index contributed by atoms with van der Waals surface area (Å²) in [6, 6.07) is 9.13. The minimum Gasteiger partial charge on any atom is -0.370 e. The lowest BCUT2D eigenvalue weighted by Crippen LogP contribution is -2.23. The summed E-state index contributed by atoms with van der Waals surface area (Å²) in [7, 11) is 0. The van der Waals surface area contributed by atoms with E-state index in [2.05, 4.69) is 20.9 Å². The molecule has 0 saturated heterocycles. The molecule has 0 spiro atoms. The number of aromatic nitrogens is 1. The standard InChI is InChI=1S/C16H19ClN4O/c1-3-18-15-9-14(12(17)10-20-15)21-13-8-6-5-7-11(13)16(22)19-4-2/h5-10H,3-4H2,1-2H3,(H,19,22)(H2,18,20,21). The summed E-state index contributed by atoms with van der Waals surface area (Å²) in [5.41, 5.74) is 1.97. The Balaban J connectivity index is 2.31. The van der Waals surface area contributed by atoms with Crippen molar-refractivity contribution in [3.05, 3.63) is 47.1 Å². The van der Waals surface area contributed by atoms with E-state index in [4.69, 9.17) is 11.6 Å². The number of para-hydroxylation sites is 1. The van der Waals surface area contributed by atoms with Crippen LogP contribution in [0.2, 0.25) is 5.02 Å². The van der Waals surface area contributed by atoms with Crippen molar-refractivity contribution in [1.82, 2.24) is 10.3 Å². The Morgan fingerprint density at radius 2 is 1.95 bits per heavy atom. The average Bonchev–Trinajstić information content (AvgIpc) is 2.51. The van der Waals surface area contributed by atoms with Gasteiger partial charge in [0.1, 0.15) is 5.82 Å². The van der Waals surface area contributed by atoms with Crippen LogP contribution in [0.1, 0.15) is 24.2 Å². The van der Waals surface area contributed by atoms with E-state index in [9.17, 15) is 4.79 Å². The Bertz CT molecular complexity index is 660. The average molecular weight is 319 g/mol. The molecule has 116 valence electrons. The van der Waals surface area contributed by atoms with E-state index in [1.165, 1.54) is 0 Å². The third-order valence-electron chi connectivity index (χ3n) is 2.99. The first-order valence-corrected chi connectivity index (χ1v) is 7.57. The lowest BCUT2D eigenvalue weighted by atomic mass is 10.1. The van der Waals surface area contributed by atoms with Gasteiger partial charge in [-0.05, 0) is 26.0 Å². The first kappa shape index (κ1) is 16.1. The molecule has 2 aromatic rings. The highest BCUT2D eigenvalue weighted by atomic mass is 35.5. The molecule has 0 saturated carbocycles. The monoisotopic (exact) mass is 318 g/mol. The fourth-order valence-corrected chi connectivity index (χ4v) is 2.15. The molecular formula is C16H19ClN4O. The molecule has 0 aliphatic carbocycles. The quantitative estimate of drug-likeness (QED) is 0.760. The molecule has 0 radical (unpaired) electrons. The molecule has 0 fully saturated rings. The van der Waals surface area contributed by atoms with Crippen LogP contribution in [0.3, 0.4) is 0 Å². The second-order valence-electron chi connectivity index (χ2n) is 4.61. The van der Waals surface area contributed by atoms with Crippen molar-refractivity contribution in [2.45, 2.75) is 13.8 Å². The van der Waals surface area contributed by atoms with Gasteiger partial charge in [0.2, 0.25) is 0 Å². The van der Waals surface area contributed by atoms with E-state index in [1.807, 2.05) is 38.1 Å². The van der Waals surface area contributed by atoms with Gasteiger partial charge in [0.15, 0.2) is 0 Å². The molecule has 6 heteroatoms. The maximum absolute atomic E-state index is 12.1. The molecule has 22 heavy (non-hydrogen) atoms. The minimum absolute atomic E-state index is 0.123.